The molecule has 0 heterocycles. The predicted molar refractivity (Wildman–Crippen MR) is 84.8 cm³/mol. The fourth-order valence-corrected chi connectivity index (χ4v) is 2.23. The van der Waals surface area contributed by atoms with Crippen molar-refractivity contribution in [1.29, 1.82) is 0 Å². The molecule has 0 radical (unpaired) electrons. The number of carbonyl (C=O) groups is 1. The van der Waals surface area contributed by atoms with E-state index >= 15 is 0 Å². The Morgan fingerprint density at radius 2 is 1.95 bits per heavy atom. The first-order valence-electron chi connectivity index (χ1n) is 7.31. The molecule has 1 aromatic rings. The van der Waals surface area contributed by atoms with Crippen LogP contribution in [-0.4, -0.2) is 44.0 Å². The van der Waals surface area contributed by atoms with Gasteiger partial charge in [-0.05, 0) is 38.6 Å². The van der Waals surface area contributed by atoms with Gasteiger partial charge in [0, 0.05) is 12.6 Å². The maximum absolute atomic E-state index is 13.5. The summed E-state index contributed by atoms with van der Waals surface area (Å²) in [7, 11) is 4.02. The molecule has 118 valence electrons. The van der Waals surface area contributed by atoms with Crippen molar-refractivity contribution in [1.82, 2.24) is 10.2 Å². The van der Waals surface area contributed by atoms with E-state index in [0.29, 0.717) is 5.92 Å². The van der Waals surface area contributed by atoms with Crippen LogP contribution in [0, 0.1) is 11.7 Å². The lowest BCUT2D eigenvalue weighted by molar-refractivity contribution is -0.115. The fraction of sp³-hybridized carbons (Fsp3) is 0.562. The molecule has 2 N–H and O–H groups in total. The van der Waals surface area contributed by atoms with E-state index in [1.54, 1.807) is 18.2 Å². The molecule has 0 bridgehead atoms. The second kappa shape index (κ2) is 8.74. The number of rotatable bonds is 8. The van der Waals surface area contributed by atoms with Gasteiger partial charge in [-0.1, -0.05) is 26.0 Å². The second-order valence-electron chi connectivity index (χ2n) is 6.00. The number of para-hydroxylation sites is 1. The minimum Gasteiger partial charge on any atom is -0.322 e. The van der Waals surface area contributed by atoms with E-state index in [9.17, 15) is 9.18 Å². The summed E-state index contributed by atoms with van der Waals surface area (Å²) in [6.45, 7) is 5.36. The minimum atomic E-state index is -0.419. The van der Waals surface area contributed by atoms with Crippen molar-refractivity contribution >= 4 is 11.6 Å². The Labute approximate surface area is 126 Å². The normalized spacial score (nSPS) is 12.7. The average Bonchev–Trinajstić information content (AvgIpc) is 2.37. The maximum atomic E-state index is 13.5. The molecule has 0 aliphatic rings. The number of hydrogen-bond acceptors (Lipinski definition) is 3. The van der Waals surface area contributed by atoms with Crippen LogP contribution >= 0.6 is 0 Å². The van der Waals surface area contributed by atoms with Gasteiger partial charge in [0.15, 0.2) is 0 Å². The van der Waals surface area contributed by atoms with E-state index in [1.165, 1.54) is 6.07 Å². The Morgan fingerprint density at radius 1 is 1.29 bits per heavy atom. The molecule has 0 aromatic heterocycles. The van der Waals surface area contributed by atoms with Gasteiger partial charge in [0.05, 0.1) is 12.2 Å². The molecule has 1 atom stereocenters. The van der Waals surface area contributed by atoms with Gasteiger partial charge in [0.25, 0.3) is 0 Å². The summed E-state index contributed by atoms with van der Waals surface area (Å²) in [4.78, 5) is 14.0. The number of nitrogens with one attached hydrogen (secondary N) is 2. The zero-order valence-electron chi connectivity index (χ0n) is 13.3. The quantitative estimate of drug-likeness (QED) is 0.773. The number of carbonyl (C=O) groups excluding carboxylic acids is 1. The number of likely N-dealkylation sites (N-methyl/N-ethyl adjacent to an activating group) is 1. The molecular weight excluding hydrogens is 269 g/mol. The first kappa shape index (κ1) is 17.6. The monoisotopic (exact) mass is 295 g/mol. The molecular formula is C16H26FN3O. The van der Waals surface area contributed by atoms with Crippen LogP contribution < -0.4 is 10.6 Å². The van der Waals surface area contributed by atoms with Crippen LogP contribution in [0.4, 0.5) is 10.1 Å². The highest BCUT2D eigenvalue weighted by atomic mass is 19.1. The highest BCUT2D eigenvalue weighted by Gasteiger charge is 2.14. The third-order valence-electron chi connectivity index (χ3n) is 3.04. The molecule has 0 spiro atoms. The van der Waals surface area contributed by atoms with Crippen molar-refractivity contribution in [3.63, 3.8) is 0 Å². The topological polar surface area (TPSA) is 44.4 Å². The van der Waals surface area contributed by atoms with Gasteiger partial charge < -0.3 is 15.5 Å². The lowest BCUT2D eigenvalue weighted by Crippen LogP contribution is -2.42. The standard InChI is InChI=1S/C16H26FN3O/c1-12(2)9-13(11-20(3)4)18-10-16(21)19-15-8-6-5-7-14(15)17/h5-8,12-13,18H,9-11H2,1-4H3,(H,19,21). The minimum absolute atomic E-state index is 0.180. The molecule has 4 nitrogen and oxygen atoms in total. The summed E-state index contributed by atoms with van der Waals surface area (Å²) in [5.74, 6) is -0.0948. The van der Waals surface area contributed by atoms with Crippen molar-refractivity contribution in [3.8, 4) is 0 Å². The van der Waals surface area contributed by atoms with Crippen LogP contribution in [0.3, 0.4) is 0 Å². The zero-order valence-corrected chi connectivity index (χ0v) is 13.3. The first-order chi connectivity index (χ1) is 9.88. The largest absolute Gasteiger partial charge is 0.322 e. The molecule has 1 rings (SSSR count). The number of amides is 1. The lowest BCUT2D eigenvalue weighted by Gasteiger charge is -2.23. The lowest BCUT2D eigenvalue weighted by atomic mass is 10.0. The smallest absolute Gasteiger partial charge is 0.238 e. The Bertz CT molecular complexity index is 439. The summed E-state index contributed by atoms with van der Waals surface area (Å²) in [5.41, 5.74) is 0.220. The van der Waals surface area contributed by atoms with Crippen LogP contribution in [0.15, 0.2) is 24.3 Å². The Balaban J connectivity index is 2.47. The molecule has 21 heavy (non-hydrogen) atoms. The fourth-order valence-electron chi connectivity index (χ4n) is 2.23. The first-order valence-corrected chi connectivity index (χ1v) is 7.31. The third kappa shape index (κ3) is 7.20. The van der Waals surface area contributed by atoms with E-state index in [-0.39, 0.29) is 24.2 Å². The van der Waals surface area contributed by atoms with Gasteiger partial charge in [-0.2, -0.15) is 0 Å². The van der Waals surface area contributed by atoms with Gasteiger partial charge in [-0.25, -0.2) is 4.39 Å². The van der Waals surface area contributed by atoms with Crippen LogP contribution in [0.2, 0.25) is 0 Å². The van der Waals surface area contributed by atoms with E-state index < -0.39 is 5.82 Å². The van der Waals surface area contributed by atoms with Gasteiger partial charge in [0.2, 0.25) is 5.91 Å². The van der Waals surface area contributed by atoms with Crippen molar-refractivity contribution in [3.05, 3.63) is 30.1 Å². The van der Waals surface area contributed by atoms with Crippen molar-refractivity contribution in [2.45, 2.75) is 26.3 Å². The van der Waals surface area contributed by atoms with Crippen molar-refractivity contribution in [2.75, 3.05) is 32.5 Å². The third-order valence-corrected chi connectivity index (χ3v) is 3.04. The number of benzene rings is 1. The molecule has 0 fully saturated rings. The Kier molecular flexibility index (Phi) is 7.32. The van der Waals surface area contributed by atoms with Crippen LogP contribution in [0.1, 0.15) is 20.3 Å². The molecule has 1 aromatic carbocycles. The predicted octanol–water partition coefficient (Wildman–Crippen LogP) is 2.33. The van der Waals surface area contributed by atoms with Crippen molar-refractivity contribution < 1.29 is 9.18 Å². The van der Waals surface area contributed by atoms with Crippen LogP contribution in [-0.2, 0) is 4.79 Å². The van der Waals surface area contributed by atoms with E-state index in [2.05, 4.69) is 29.4 Å². The maximum Gasteiger partial charge on any atom is 0.238 e. The molecule has 1 amide bonds. The molecule has 0 aliphatic carbocycles. The highest BCUT2D eigenvalue weighted by molar-refractivity contribution is 5.92. The SMILES string of the molecule is CC(C)CC(CN(C)C)NCC(=O)Nc1ccccc1F. The number of halogens is 1. The summed E-state index contributed by atoms with van der Waals surface area (Å²) >= 11 is 0. The molecule has 1 unspecified atom stereocenters. The Morgan fingerprint density at radius 3 is 2.52 bits per heavy atom. The number of anilines is 1. The summed E-state index contributed by atoms with van der Waals surface area (Å²) in [5, 5.41) is 5.83. The van der Waals surface area contributed by atoms with Crippen molar-refractivity contribution in [2.24, 2.45) is 5.92 Å². The average molecular weight is 295 g/mol. The highest BCUT2D eigenvalue weighted by Crippen LogP contribution is 2.12. The molecule has 5 heteroatoms. The summed E-state index contributed by atoms with van der Waals surface area (Å²) in [6, 6.07) is 6.42. The number of nitrogens with zero attached hydrogens (tertiary/aromatic N) is 1. The number of hydrogen-bond donors (Lipinski definition) is 2. The molecule has 0 saturated heterocycles. The molecule has 0 saturated carbocycles. The van der Waals surface area contributed by atoms with Gasteiger partial charge >= 0.3 is 0 Å². The van der Waals surface area contributed by atoms with E-state index in [1.807, 2.05) is 14.1 Å². The summed E-state index contributed by atoms with van der Waals surface area (Å²) in [6.07, 6.45) is 0.991. The Hall–Kier alpha value is -1.46. The second-order valence-corrected chi connectivity index (χ2v) is 6.00. The summed E-state index contributed by atoms with van der Waals surface area (Å²) < 4.78 is 13.5. The van der Waals surface area contributed by atoms with E-state index in [0.717, 1.165) is 13.0 Å². The zero-order chi connectivity index (χ0) is 15.8. The van der Waals surface area contributed by atoms with Gasteiger partial charge in [0.1, 0.15) is 5.82 Å². The van der Waals surface area contributed by atoms with Crippen LogP contribution in [0.25, 0.3) is 0 Å². The van der Waals surface area contributed by atoms with Crippen LogP contribution in [0.5, 0.6) is 0 Å². The molecule has 0 aliphatic heterocycles. The van der Waals surface area contributed by atoms with Gasteiger partial charge in [-0.15, -0.1) is 0 Å². The van der Waals surface area contributed by atoms with Gasteiger partial charge in [-0.3, -0.25) is 4.79 Å². The van der Waals surface area contributed by atoms with E-state index in [4.69, 9.17) is 0 Å².